The van der Waals surface area contributed by atoms with Crippen LogP contribution in [-0.2, 0) is 0 Å². The van der Waals surface area contributed by atoms with Gasteiger partial charge in [-0.15, -0.1) is 0 Å². The van der Waals surface area contributed by atoms with E-state index in [9.17, 15) is 4.39 Å². The lowest BCUT2D eigenvalue weighted by molar-refractivity contribution is 0.628. The van der Waals surface area contributed by atoms with Gasteiger partial charge in [0.15, 0.2) is 17.0 Å². The second-order valence-corrected chi connectivity index (χ2v) is 6.28. The van der Waals surface area contributed by atoms with E-state index in [2.05, 4.69) is 30.6 Å². The molecule has 2 aromatic heterocycles. The Bertz CT molecular complexity index is 1120. The van der Waals surface area contributed by atoms with Crippen molar-refractivity contribution in [3.8, 4) is 0 Å². The van der Waals surface area contributed by atoms with Crippen LogP contribution in [-0.4, -0.2) is 19.9 Å². The van der Waals surface area contributed by atoms with Gasteiger partial charge in [0.1, 0.15) is 5.82 Å². The zero-order valence-electron chi connectivity index (χ0n) is 14.2. The molecule has 0 saturated carbocycles. The smallest absolute Gasteiger partial charge is 0.231 e. The maximum absolute atomic E-state index is 13.1. The average molecular weight is 381 g/mol. The zero-order chi connectivity index (χ0) is 18.8. The van der Waals surface area contributed by atoms with Crippen LogP contribution in [0.5, 0.6) is 0 Å². The highest BCUT2D eigenvalue weighted by molar-refractivity contribution is 6.30. The Morgan fingerprint density at radius 2 is 1.70 bits per heavy atom. The minimum absolute atomic E-state index is 0.314. The van der Waals surface area contributed by atoms with Gasteiger partial charge in [0.25, 0.3) is 0 Å². The highest BCUT2D eigenvalue weighted by Gasteiger charge is 2.12. The van der Waals surface area contributed by atoms with Gasteiger partial charge in [0.05, 0.1) is 0 Å². The molecule has 4 aromatic rings. The molecular formula is C19H14ClFN6. The normalized spacial score (nSPS) is 10.8. The highest BCUT2D eigenvalue weighted by Crippen LogP contribution is 2.27. The minimum atomic E-state index is -0.314. The highest BCUT2D eigenvalue weighted by atomic mass is 35.5. The van der Waals surface area contributed by atoms with Gasteiger partial charge < -0.3 is 10.6 Å². The molecule has 0 spiro atoms. The summed E-state index contributed by atoms with van der Waals surface area (Å²) in [6, 6.07) is 11.5. The van der Waals surface area contributed by atoms with Crippen LogP contribution in [0.3, 0.4) is 0 Å². The lowest BCUT2D eigenvalue weighted by atomic mass is 10.2. The second kappa shape index (κ2) is 7.13. The first-order valence-corrected chi connectivity index (χ1v) is 8.51. The Balaban J connectivity index is 1.75. The Hall–Kier alpha value is -3.32. The summed E-state index contributed by atoms with van der Waals surface area (Å²) in [6.07, 6.45) is 3.15. The molecule has 0 aliphatic rings. The molecule has 2 aromatic carbocycles. The number of halogens is 2. The van der Waals surface area contributed by atoms with Crippen molar-refractivity contribution in [3.05, 3.63) is 71.3 Å². The summed E-state index contributed by atoms with van der Waals surface area (Å²) >= 11 is 6.03. The maximum atomic E-state index is 13.1. The van der Waals surface area contributed by atoms with Gasteiger partial charge in [-0.3, -0.25) is 0 Å². The summed E-state index contributed by atoms with van der Waals surface area (Å²) in [5.74, 6) is 0.512. The fourth-order valence-corrected chi connectivity index (χ4v) is 2.79. The van der Waals surface area contributed by atoms with Crippen LogP contribution in [0.15, 0.2) is 54.9 Å². The Morgan fingerprint density at radius 3 is 2.48 bits per heavy atom. The molecule has 27 heavy (non-hydrogen) atoms. The van der Waals surface area contributed by atoms with Crippen LogP contribution in [0.25, 0.3) is 11.2 Å². The number of rotatable bonds is 4. The number of hydrogen-bond donors (Lipinski definition) is 2. The van der Waals surface area contributed by atoms with Crippen molar-refractivity contribution in [2.75, 3.05) is 10.6 Å². The molecule has 0 radical (unpaired) electrons. The van der Waals surface area contributed by atoms with E-state index in [1.807, 2.05) is 19.1 Å². The van der Waals surface area contributed by atoms with E-state index in [1.54, 1.807) is 30.6 Å². The molecule has 6 nitrogen and oxygen atoms in total. The van der Waals surface area contributed by atoms with Crippen molar-refractivity contribution in [1.82, 2.24) is 19.9 Å². The summed E-state index contributed by atoms with van der Waals surface area (Å²) in [7, 11) is 0. The fraction of sp³-hybridized carbons (Fsp3) is 0.0526. The average Bonchev–Trinajstić information content (AvgIpc) is 2.66. The number of nitrogens with zero attached hydrogens (tertiary/aromatic N) is 4. The third-order valence-electron chi connectivity index (χ3n) is 3.87. The first-order valence-electron chi connectivity index (χ1n) is 8.13. The van der Waals surface area contributed by atoms with Gasteiger partial charge in [-0.2, -0.15) is 9.97 Å². The van der Waals surface area contributed by atoms with Gasteiger partial charge in [-0.1, -0.05) is 11.6 Å². The molecule has 4 rings (SSSR count). The van der Waals surface area contributed by atoms with Crippen molar-refractivity contribution >= 4 is 45.9 Å². The zero-order valence-corrected chi connectivity index (χ0v) is 15.0. The number of nitrogens with one attached hydrogen (secondary N) is 2. The quantitative estimate of drug-likeness (QED) is 0.518. The molecule has 0 unspecified atom stereocenters. The van der Waals surface area contributed by atoms with Crippen molar-refractivity contribution in [2.24, 2.45) is 0 Å². The molecule has 8 heteroatoms. The van der Waals surface area contributed by atoms with Gasteiger partial charge in [-0.25, -0.2) is 14.4 Å². The maximum Gasteiger partial charge on any atom is 0.231 e. The SMILES string of the molecule is Cc1cc(Cl)ccc1Nc1nc(Nc2ccc(F)cc2)nc2nccnc12. The summed E-state index contributed by atoms with van der Waals surface area (Å²) in [6.45, 7) is 1.95. The van der Waals surface area contributed by atoms with Crippen molar-refractivity contribution in [2.45, 2.75) is 6.92 Å². The Kier molecular flexibility index (Phi) is 4.52. The molecule has 0 amide bonds. The number of benzene rings is 2. The van der Waals surface area contributed by atoms with E-state index >= 15 is 0 Å². The minimum Gasteiger partial charge on any atom is -0.338 e. The van der Waals surface area contributed by atoms with E-state index in [4.69, 9.17) is 11.6 Å². The number of aromatic nitrogens is 4. The molecule has 2 heterocycles. The lowest BCUT2D eigenvalue weighted by Gasteiger charge is -2.12. The molecular weight excluding hydrogens is 367 g/mol. The van der Waals surface area contributed by atoms with Crippen molar-refractivity contribution < 1.29 is 4.39 Å². The molecule has 0 atom stereocenters. The van der Waals surface area contributed by atoms with E-state index in [1.165, 1.54) is 12.1 Å². The Labute approximate surface area is 159 Å². The van der Waals surface area contributed by atoms with Gasteiger partial charge in [0, 0.05) is 28.8 Å². The molecule has 0 aliphatic carbocycles. The van der Waals surface area contributed by atoms with Crippen LogP contribution in [0.2, 0.25) is 5.02 Å². The molecule has 0 bridgehead atoms. The topological polar surface area (TPSA) is 75.6 Å². The molecule has 134 valence electrons. The lowest BCUT2D eigenvalue weighted by Crippen LogP contribution is -2.04. The predicted octanol–water partition coefficient (Wildman–Crippen LogP) is 5.01. The summed E-state index contributed by atoms with van der Waals surface area (Å²) < 4.78 is 13.1. The van der Waals surface area contributed by atoms with Crippen molar-refractivity contribution in [1.29, 1.82) is 0 Å². The first kappa shape index (κ1) is 17.1. The van der Waals surface area contributed by atoms with Crippen molar-refractivity contribution in [3.63, 3.8) is 0 Å². The standard InChI is InChI=1S/C19H14ClFN6/c1-11-10-12(20)2-7-15(11)25-18-16-17(23-9-8-22-16)26-19(27-18)24-14-5-3-13(21)4-6-14/h2-10H,1H3,(H2,23,24,25,26,27). The van der Waals surface area contributed by atoms with Crippen LogP contribution in [0.1, 0.15) is 5.56 Å². The van der Waals surface area contributed by atoms with E-state index in [0.717, 1.165) is 11.3 Å². The first-order chi connectivity index (χ1) is 13.1. The third kappa shape index (κ3) is 3.78. The van der Waals surface area contributed by atoms with Gasteiger partial charge >= 0.3 is 0 Å². The fourth-order valence-electron chi connectivity index (χ4n) is 2.56. The number of hydrogen-bond acceptors (Lipinski definition) is 6. The van der Waals surface area contributed by atoms with E-state index in [-0.39, 0.29) is 5.82 Å². The van der Waals surface area contributed by atoms with Crippen LogP contribution < -0.4 is 10.6 Å². The predicted molar refractivity (Wildman–Crippen MR) is 104 cm³/mol. The molecule has 0 fully saturated rings. The Morgan fingerprint density at radius 1 is 0.926 bits per heavy atom. The van der Waals surface area contributed by atoms with E-state index in [0.29, 0.717) is 33.6 Å². The van der Waals surface area contributed by atoms with Gasteiger partial charge in [0.2, 0.25) is 5.95 Å². The number of aryl methyl sites for hydroxylation is 1. The monoisotopic (exact) mass is 380 g/mol. The van der Waals surface area contributed by atoms with Crippen LogP contribution >= 0.6 is 11.6 Å². The third-order valence-corrected chi connectivity index (χ3v) is 4.11. The van der Waals surface area contributed by atoms with E-state index < -0.39 is 0 Å². The second-order valence-electron chi connectivity index (χ2n) is 5.84. The number of anilines is 4. The molecule has 0 saturated heterocycles. The molecule has 2 N–H and O–H groups in total. The van der Waals surface area contributed by atoms with Gasteiger partial charge in [-0.05, 0) is 55.0 Å². The van der Waals surface area contributed by atoms with Crippen LogP contribution in [0.4, 0.5) is 27.5 Å². The van der Waals surface area contributed by atoms with Crippen LogP contribution in [0, 0.1) is 12.7 Å². The summed E-state index contributed by atoms with van der Waals surface area (Å²) in [5, 5.41) is 6.98. The summed E-state index contributed by atoms with van der Waals surface area (Å²) in [4.78, 5) is 17.5. The summed E-state index contributed by atoms with van der Waals surface area (Å²) in [5.41, 5.74) is 3.44. The largest absolute Gasteiger partial charge is 0.338 e. The number of fused-ring (bicyclic) bond motifs is 1. The molecule has 0 aliphatic heterocycles.